The fraction of sp³-hybridized carbons (Fsp3) is 0.500. The molecule has 37 heavy (non-hydrogen) atoms. The molecule has 4 rings (SSSR count). The molecule has 2 saturated heterocycles. The number of alkyl halides is 3. The van der Waals surface area contributed by atoms with Crippen molar-refractivity contribution in [3.05, 3.63) is 59.7 Å². The molecule has 2 fully saturated rings. The Morgan fingerprint density at radius 1 is 1.08 bits per heavy atom. The fourth-order valence-electron chi connectivity index (χ4n) is 4.96. The Kier molecular flexibility index (Phi) is 8.27. The van der Waals surface area contributed by atoms with Gasteiger partial charge in [0.05, 0.1) is 24.3 Å². The number of rotatable bonds is 7. The highest BCUT2D eigenvalue weighted by Crippen LogP contribution is 2.32. The summed E-state index contributed by atoms with van der Waals surface area (Å²) in [5, 5.41) is 23.4. The monoisotopic (exact) mass is 522 g/mol. The molecule has 2 aromatic rings. The molecule has 1 amide bonds. The smallest absolute Gasteiger partial charge is 0.394 e. The van der Waals surface area contributed by atoms with Gasteiger partial charge in [-0.3, -0.25) is 9.69 Å². The number of aliphatic hydroxyl groups is 2. The number of carbonyl (C=O) groups is 1. The molecule has 2 aromatic carbocycles. The molecule has 4 atom stereocenters. The van der Waals surface area contributed by atoms with Gasteiger partial charge in [0.2, 0.25) is 0 Å². The van der Waals surface area contributed by atoms with Crippen LogP contribution < -0.4 is 15.1 Å². The summed E-state index contributed by atoms with van der Waals surface area (Å²) in [4.78, 5) is 18.5. The van der Waals surface area contributed by atoms with E-state index in [1.165, 1.54) is 6.07 Å². The Bertz CT molecular complexity index is 1060. The van der Waals surface area contributed by atoms with E-state index in [4.69, 9.17) is 4.74 Å². The van der Waals surface area contributed by atoms with Gasteiger partial charge in [0, 0.05) is 63.8 Å². The molecule has 0 saturated carbocycles. The number of carbonyl (C=O) groups excluding carboxylic acids is 1. The summed E-state index contributed by atoms with van der Waals surface area (Å²) in [6.07, 6.45) is -6.72. The van der Waals surface area contributed by atoms with Crippen molar-refractivity contribution in [3.8, 4) is 0 Å². The first-order chi connectivity index (χ1) is 17.6. The fourth-order valence-corrected chi connectivity index (χ4v) is 4.96. The highest BCUT2D eigenvalue weighted by atomic mass is 19.4. The van der Waals surface area contributed by atoms with Crippen LogP contribution in [0.2, 0.25) is 0 Å². The Labute approximate surface area is 214 Å². The van der Waals surface area contributed by atoms with E-state index in [0.29, 0.717) is 37.4 Å². The summed E-state index contributed by atoms with van der Waals surface area (Å²) < 4.78 is 45.3. The molecule has 0 aliphatic carbocycles. The third-order valence-electron chi connectivity index (χ3n) is 7.03. The van der Waals surface area contributed by atoms with Crippen LogP contribution in [0.4, 0.5) is 24.5 Å². The van der Waals surface area contributed by atoms with Crippen LogP contribution >= 0.6 is 0 Å². The number of amides is 1. The standard InChI is InChI=1S/C26H33F3N4O4/c1-31(2)19-8-6-17(7-9-19)25(36)30-15-21-23(24(35)22(16-34)37-21)33-12-10-32(11-13-33)20-5-3-4-18(14-20)26(27,28)29/h3-9,14,21-24,34-35H,10-13,15-16H2,1-2H3,(H,30,36)/t21-,22+,23+,24-/m1/s1. The predicted molar refractivity (Wildman–Crippen MR) is 134 cm³/mol. The Morgan fingerprint density at radius 3 is 2.35 bits per heavy atom. The molecule has 2 aliphatic rings. The molecule has 0 radical (unpaired) electrons. The molecule has 8 nitrogen and oxygen atoms in total. The number of anilines is 2. The lowest BCUT2D eigenvalue weighted by atomic mass is 10.0. The van der Waals surface area contributed by atoms with Crippen molar-refractivity contribution < 1.29 is 32.9 Å². The van der Waals surface area contributed by atoms with E-state index in [1.807, 2.05) is 40.9 Å². The van der Waals surface area contributed by atoms with Gasteiger partial charge in [-0.05, 0) is 42.5 Å². The molecule has 0 aromatic heterocycles. The van der Waals surface area contributed by atoms with E-state index >= 15 is 0 Å². The number of ether oxygens (including phenoxy) is 1. The maximum absolute atomic E-state index is 13.1. The number of hydrogen-bond acceptors (Lipinski definition) is 7. The van der Waals surface area contributed by atoms with Crippen molar-refractivity contribution in [1.29, 1.82) is 0 Å². The first-order valence-corrected chi connectivity index (χ1v) is 12.2. The Morgan fingerprint density at radius 2 is 1.76 bits per heavy atom. The van der Waals surface area contributed by atoms with E-state index in [1.54, 1.807) is 18.2 Å². The third kappa shape index (κ3) is 6.18. The van der Waals surface area contributed by atoms with Gasteiger partial charge in [-0.25, -0.2) is 0 Å². The minimum atomic E-state index is -4.41. The second kappa shape index (κ2) is 11.3. The van der Waals surface area contributed by atoms with Gasteiger partial charge in [0.25, 0.3) is 5.91 Å². The van der Waals surface area contributed by atoms with Crippen molar-refractivity contribution in [2.75, 3.05) is 63.2 Å². The highest BCUT2D eigenvalue weighted by Gasteiger charge is 2.46. The van der Waals surface area contributed by atoms with Crippen LogP contribution in [0.25, 0.3) is 0 Å². The number of benzene rings is 2. The lowest BCUT2D eigenvalue weighted by Crippen LogP contribution is -2.57. The van der Waals surface area contributed by atoms with E-state index in [2.05, 4.69) is 5.32 Å². The summed E-state index contributed by atoms with van der Waals surface area (Å²) in [5.41, 5.74) is 1.27. The Hall–Kier alpha value is -2.86. The molecule has 0 bridgehead atoms. The zero-order chi connectivity index (χ0) is 26.7. The van der Waals surface area contributed by atoms with Gasteiger partial charge >= 0.3 is 6.18 Å². The van der Waals surface area contributed by atoms with Gasteiger partial charge in [0.15, 0.2) is 0 Å². The number of nitrogens with one attached hydrogen (secondary N) is 1. The SMILES string of the molecule is CN(C)c1ccc(C(=O)NC[C@H]2O[C@@H](CO)[C@@H](O)[C@H]2N2CCN(c3cccc(C(F)(F)F)c3)CC2)cc1. The average molecular weight is 523 g/mol. The summed E-state index contributed by atoms with van der Waals surface area (Å²) in [6.45, 7) is 1.67. The molecule has 2 heterocycles. The molecule has 11 heteroatoms. The number of nitrogens with zero attached hydrogens (tertiary/aromatic N) is 3. The maximum atomic E-state index is 13.1. The predicted octanol–water partition coefficient (Wildman–Crippen LogP) is 1.81. The minimum absolute atomic E-state index is 0.139. The largest absolute Gasteiger partial charge is 0.416 e. The van der Waals surface area contributed by atoms with Crippen LogP contribution in [-0.2, 0) is 10.9 Å². The average Bonchev–Trinajstić information content (AvgIpc) is 3.22. The van der Waals surface area contributed by atoms with Crippen molar-refractivity contribution in [3.63, 3.8) is 0 Å². The van der Waals surface area contributed by atoms with Crippen LogP contribution in [0.15, 0.2) is 48.5 Å². The zero-order valence-electron chi connectivity index (χ0n) is 20.9. The van der Waals surface area contributed by atoms with Gasteiger partial charge in [0.1, 0.15) is 12.2 Å². The lowest BCUT2D eigenvalue weighted by molar-refractivity contribution is -0.137. The van der Waals surface area contributed by atoms with Crippen LogP contribution in [0.5, 0.6) is 0 Å². The summed E-state index contributed by atoms with van der Waals surface area (Å²) in [6, 6.07) is 11.9. The molecule has 0 unspecified atom stereocenters. The summed E-state index contributed by atoms with van der Waals surface area (Å²) in [7, 11) is 3.82. The van der Waals surface area contributed by atoms with Gasteiger partial charge in [-0.2, -0.15) is 13.2 Å². The molecular formula is C26H33F3N4O4. The molecule has 202 valence electrons. The van der Waals surface area contributed by atoms with Crippen LogP contribution in [0.1, 0.15) is 15.9 Å². The molecule has 2 aliphatic heterocycles. The summed E-state index contributed by atoms with van der Waals surface area (Å²) in [5.74, 6) is -0.274. The van der Waals surface area contributed by atoms with Gasteiger partial charge < -0.3 is 30.1 Å². The van der Waals surface area contributed by atoms with Crippen molar-refractivity contribution in [1.82, 2.24) is 10.2 Å². The quantitative estimate of drug-likeness (QED) is 0.511. The topological polar surface area (TPSA) is 88.5 Å². The number of halogens is 3. The first-order valence-electron chi connectivity index (χ1n) is 12.2. The highest BCUT2D eigenvalue weighted by molar-refractivity contribution is 5.94. The van der Waals surface area contributed by atoms with Gasteiger partial charge in [-0.1, -0.05) is 6.07 Å². The van der Waals surface area contributed by atoms with E-state index in [0.717, 1.165) is 17.8 Å². The number of hydrogen-bond donors (Lipinski definition) is 3. The van der Waals surface area contributed by atoms with E-state index in [9.17, 15) is 28.2 Å². The minimum Gasteiger partial charge on any atom is -0.394 e. The normalized spacial score (nSPS) is 24.8. The second-order valence-electron chi connectivity index (χ2n) is 9.60. The second-order valence-corrected chi connectivity index (χ2v) is 9.60. The molecular weight excluding hydrogens is 489 g/mol. The van der Waals surface area contributed by atoms with Crippen LogP contribution in [0.3, 0.4) is 0 Å². The van der Waals surface area contributed by atoms with E-state index in [-0.39, 0.29) is 19.1 Å². The molecule has 3 N–H and O–H groups in total. The van der Waals surface area contributed by atoms with Crippen LogP contribution in [-0.4, -0.2) is 98.8 Å². The lowest BCUT2D eigenvalue weighted by Gasteiger charge is -2.41. The van der Waals surface area contributed by atoms with Crippen molar-refractivity contribution >= 4 is 17.3 Å². The van der Waals surface area contributed by atoms with E-state index < -0.39 is 36.1 Å². The summed E-state index contributed by atoms with van der Waals surface area (Å²) >= 11 is 0. The van der Waals surface area contributed by atoms with Crippen molar-refractivity contribution in [2.45, 2.75) is 30.5 Å². The maximum Gasteiger partial charge on any atom is 0.416 e. The number of piperazine rings is 1. The third-order valence-corrected chi connectivity index (χ3v) is 7.03. The van der Waals surface area contributed by atoms with Crippen LogP contribution in [0, 0.1) is 0 Å². The molecule has 0 spiro atoms. The number of aliphatic hydroxyl groups excluding tert-OH is 2. The van der Waals surface area contributed by atoms with Crippen molar-refractivity contribution in [2.24, 2.45) is 0 Å². The van der Waals surface area contributed by atoms with Gasteiger partial charge in [-0.15, -0.1) is 0 Å². The zero-order valence-corrected chi connectivity index (χ0v) is 20.9. The Balaban J connectivity index is 1.39. The first kappa shape index (κ1) is 27.2.